The highest BCUT2D eigenvalue weighted by Gasteiger charge is 2.14. The van der Waals surface area contributed by atoms with Crippen molar-refractivity contribution >= 4 is 22.5 Å². The van der Waals surface area contributed by atoms with Gasteiger partial charge in [-0.1, -0.05) is 42.5 Å². The van der Waals surface area contributed by atoms with E-state index in [0.29, 0.717) is 12.8 Å². The van der Waals surface area contributed by atoms with Crippen molar-refractivity contribution in [2.24, 2.45) is 0 Å². The van der Waals surface area contributed by atoms with Crippen LogP contribution in [0.25, 0.3) is 10.8 Å². The molecule has 3 N–H and O–H groups in total. The summed E-state index contributed by atoms with van der Waals surface area (Å²) in [6.45, 7) is 0.100. The first-order chi connectivity index (χ1) is 12.3. The number of amides is 2. The number of urea groups is 1. The molecule has 3 rings (SSSR count). The van der Waals surface area contributed by atoms with Gasteiger partial charge >= 0.3 is 6.03 Å². The number of aliphatic hydroxyl groups excluding tert-OH is 1. The van der Waals surface area contributed by atoms with Gasteiger partial charge in [-0.3, -0.25) is 4.98 Å². The maximum absolute atomic E-state index is 12.5. The number of pyridine rings is 1. The molecular weight excluding hydrogens is 314 g/mol. The number of carbonyl (C=O) groups excluding carboxylic acids is 1. The zero-order valence-corrected chi connectivity index (χ0v) is 13.9. The standard InChI is InChI=1S/C20H21N3O2/c24-13-5-10-18(15-6-2-1-3-7-15)22-20(25)23-19-9-4-8-16-14-21-12-11-17(16)19/h1-4,6-9,11-12,14,18,24H,5,10,13H2,(H2,22,23,25). The second-order valence-electron chi connectivity index (χ2n) is 5.83. The number of rotatable bonds is 6. The molecule has 0 fully saturated rings. The molecule has 3 aromatic rings. The molecule has 0 aliphatic rings. The number of nitrogens with zero attached hydrogens (tertiary/aromatic N) is 1. The van der Waals surface area contributed by atoms with E-state index in [1.54, 1.807) is 12.4 Å². The van der Waals surface area contributed by atoms with E-state index in [9.17, 15) is 4.79 Å². The van der Waals surface area contributed by atoms with Crippen LogP contribution in [0.1, 0.15) is 24.4 Å². The first-order valence-corrected chi connectivity index (χ1v) is 8.34. The zero-order valence-electron chi connectivity index (χ0n) is 13.9. The summed E-state index contributed by atoms with van der Waals surface area (Å²) in [5.74, 6) is 0. The topological polar surface area (TPSA) is 74.2 Å². The lowest BCUT2D eigenvalue weighted by Crippen LogP contribution is -2.32. The van der Waals surface area contributed by atoms with E-state index in [1.807, 2.05) is 54.6 Å². The van der Waals surface area contributed by atoms with Gasteiger partial charge in [0.05, 0.1) is 11.7 Å². The summed E-state index contributed by atoms with van der Waals surface area (Å²) in [6, 6.07) is 17.0. The molecule has 25 heavy (non-hydrogen) atoms. The van der Waals surface area contributed by atoms with E-state index in [1.165, 1.54) is 0 Å². The minimum Gasteiger partial charge on any atom is -0.396 e. The fraction of sp³-hybridized carbons (Fsp3) is 0.200. The first kappa shape index (κ1) is 16.9. The third-order valence-corrected chi connectivity index (χ3v) is 4.09. The zero-order chi connectivity index (χ0) is 17.5. The number of hydrogen-bond acceptors (Lipinski definition) is 3. The molecule has 1 unspecified atom stereocenters. The predicted octanol–water partition coefficient (Wildman–Crippen LogP) is 3.87. The first-order valence-electron chi connectivity index (χ1n) is 8.34. The van der Waals surface area contributed by atoms with Crippen molar-refractivity contribution in [2.45, 2.75) is 18.9 Å². The number of carbonyl (C=O) groups is 1. The average Bonchev–Trinajstić information content (AvgIpc) is 2.66. The smallest absolute Gasteiger partial charge is 0.319 e. The molecule has 5 heteroatoms. The normalized spacial score (nSPS) is 11.9. The van der Waals surface area contributed by atoms with E-state index >= 15 is 0 Å². The van der Waals surface area contributed by atoms with Crippen LogP contribution in [0.4, 0.5) is 10.5 Å². The van der Waals surface area contributed by atoms with Gasteiger partial charge < -0.3 is 15.7 Å². The van der Waals surface area contributed by atoms with E-state index < -0.39 is 0 Å². The molecule has 0 spiro atoms. The average molecular weight is 335 g/mol. The molecule has 2 amide bonds. The largest absolute Gasteiger partial charge is 0.396 e. The lowest BCUT2D eigenvalue weighted by Gasteiger charge is -2.19. The fourth-order valence-electron chi connectivity index (χ4n) is 2.85. The number of fused-ring (bicyclic) bond motifs is 1. The second-order valence-corrected chi connectivity index (χ2v) is 5.83. The van der Waals surface area contributed by atoms with Crippen molar-refractivity contribution in [2.75, 3.05) is 11.9 Å². The van der Waals surface area contributed by atoms with Gasteiger partial charge in [-0.15, -0.1) is 0 Å². The molecular formula is C20H21N3O2. The number of anilines is 1. The summed E-state index contributed by atoms with van der Waals surface area (Å²) in [5, 5.41) is 17.0. The Bertz CT molecular complexity index is 831. The number of aromatic nitrogens is 1. The molecule has 128 valence electrons. The van der Waals surface area contributed by atoms with Crippen LogP contribution < -0.4 is 10.6 Å². The van der Waals surface area contributed by atoms with Gasteiger partial charge in [-0.2, -0.15) is 0 Å². The maximum Gasteiger partial charge on any atom is 0.319 e. The van der Waals surface area contributed by atoms with Crippen LogP contribution in [0.5, 0.6) is 0 Å². The highest BCUT2D eigenvalue weighted by atomic mass is 16.3. The van der Waals surface area contributed by atoms with Crippen molar-refractivity contribution in [1.29, 1.82) is 0 Å². The molecule has 2 aromatic carbocycles. The minimum atomic E-state index is -0.267. The Labute approximate surface area is 146 Å². The van der Waals surface area contributed by atoms with Gasteiger partial charge in [0.2, 0.25) is 0 Å². The summed E-state index contributed by atoms with van der Waals surface area (Å²) in [7, 11) is 0. The van der Waals surface area contributed by atoms with Gasteiger partial charge in [0.15, 0.2) is 0 Å². The monoisotopic (exact) mass is 335 g/mol. The molecule has 0 radical (unpaired) electrons. The summed E-state index contributed by atoms with van der Waals surface area (Å²) in [4.78, 5) is 16.6. The quantitative estimate of drug-likeness (QED) is 0.640. The van der Waals surface area contributed by atoms with Crippen LogP contribution in [0.2, 0.25) is 0 Å². The lowest BCUT2D eigenvalue weighted by molar-refractivity contribution is 0.244. The lowest BCUT2D eigenvalue weighted by atomic mass is 10.0. The van der Waals surface area contributed by atoms with Gasteiger partial charge in [-0.25, -0.2) is 4.79 Å². The second kappa shape index (κ2) is 8.26. The highest BCUT2D eigenvalue weighted by Crippen LogP contribution is 2.23. The van der Waals surface area contributed by atoms with Gasteiger partial charge in [0.1, 0.15) is 0 Å². The predicted molar refractivity (Wildman–Crippen MR) is 99.4 cm³/mol. The number of benzene rings is 2. The number of aliphatic hydroxyl groups is 1. The molecule has 0 saturated carbocycles. The Kier molecular flexibility index (Phi) is 5.59. The fourth-order valence-corrected chi connectivity index (χ4v) is 2.85. The maximum atomic E-state index is 12.5. The summed E-state index contributed by atoms with van der Waals surface area (Å²) < 4.78 is 0. The van der Waals surface area contributed by atoms with E-state index in [0.717, 1.165) is 22.0 Å². The highest BCUT2D eigenvalue weighted by molar-refractivity contribution is 6.01. The van der Waals surface area contributed by atoms with Crippen LogP contribution in [0, 0.1) is 0 Å². The molecule has 5 nitrogen and oxygen atoms in total. The third-order valence-electron chi connectivity index (χ3n) is 4.09. The van der Waals surface area contributed by atoms with Crippen LogP contribution in [0.15, 0.2) is 67.0 Å². The molecule has 0 saturated heterocycles. The van der Waals surface area contributed by atoms with Crippen molar-refractivity contribution in [1.82, 2.24) is 10.3 Å². The Balaban J connectivity index is 1.75. The van der Waals surface area contributed by atoms with E-state index in [2.05, 4.69) is 15.6 Å². The SMILES string of the molecule is O=C(Nc1cccc2cnccc12)NC(CCCO)c1ccccc1. The van der Waals surface area contributed by atoms with Crippen LogP contribution in [0.3, 0.4) is 0 Å². The Morgan fingerprint density at radius 1 is 1.08 bits per heavy atom. The summed E-state index contributed by atoms with van der Waals surface area (Å²) >= 11 is 0. The Hall–Kier alpha value is -2.92. The van der Waals surface area contributed by atoms with Crippen molar-refractivity contribution in [3.63, 3.8) is 0 Å². The van der Waals surface area contributed by atoms with E-state index in [4.69, 9.17) is 5.11 Å². The third kappa shape index (κ3) is 4.33. The van der Waals surface area contributed by atoms with Crippen molar-refractivity contribution < 1.29 is 9.90 Å². The summed E-state index contributed by atoms with van der Waals surface area (Å²) in [5.41, 5.74) is 1.76. The van der Waals surface area contributed by atoms with Gasteiger partial charge in [0, 0.05) is 29.8 Å². The van der Waals surface area contributed by atoms with Crippen molar-refractivity contribution in [3.8, 4) is 0 Å². The van der Waals surface area contributed by atoms with Crippen LogP contribution in [-0.2, 0) is 0 Å². The Morgan fingerprint density at radius 3 is 2.72 bits per heavy atom. The van der Waals surface area contributed by atoms with Crippen molar-refractivity contribution in [3.05, 3.63) is 72.6 Å². The molecule has 0 aliphatic carbocycles. The Morgan fingerprint density at radius 2 is 1.92 bits per heavy atom. The number of nitrogens with one attached hydrogen (secondary N) is 2. The molecule has 1 aromatic heterocycles. The van der Waals surface area contributed by atoms with Crippen LogP contribution >= 0.6 is 0 Å². The number of hydrogen-bond donors (Lipinski definition) is 3. The van der Waals surface area contributed by atoms with Crippen LogP contribution in [-0.4, -0.2) is 22.7 Å². The van der Waals surface area contributed by atoms with Gasteiger partial charge in [0.25, 0.3) is 0 Å². The van der Waals surface area contributed by atoms with Gasteiger partial charge in [-0.05, 0) is 30.5 Å². The van der Waals surface area contributed by atoms with E-state index in [-0.39, 0.29) is 18.7 Å². The molecule has 0 aliphatic heterocycles. The molecule has 1 heterocycles. The molecule has 1 atom stereocenters. The summed E-state index contributed by atoms with van der Waals surface area (Å²) in [6.07, 6.45) is 4.78. The molecule has 0 bridgehead atoms. The minimum absolute atomic E-state index is 0.100.